The summed E-state index contributed by atoms with van der Waals surface area (Å²) >= 11 is 0. The van der Waals surface area contributed by atoms with Crippen LogP contribution < -0.4 is 11.1 Å². The van der Waals surface area contributed by atoms with Gasteiger partial charge in [0.15, 0.2) is 6.23 Å². The van der Waals surface area contributed by atoms with Crippen molar-refractivity contribution in [2.75, 3.05) is 13.2 Å². The van der Waals surface area contributed by atoms with Crippen molar-refractivity contribution in [3.63, 3.8) is 0 Å². The van der Waals surface area contributed by atoms with Gasteiger partial charge in [-0.15, -0.1) is 0 Å². The van der Waals surface area contributed by atoms with Gasteiger partial charge in [0.25, 0.3) is 0 Å². The van der Waals surface area contributed by atoms with Crippen LogP contribution in [0.2, 0.25) is 0 Å². The maximum absolute atomic E-state index is 11.4. The summed E-state index contributed by atoms with van der Waals surface area (Å²) in [5.41, 5.74) is 5.36. The standard InChI is InChI=1S/C32H66N2O3/c1-4-6-8-10-12-14-16-18-20-22-24-26-28-36-30(3)31(34-32(33)35)37-29-27-25-23-21-19-17-15-13-11-9-7-5-2/h30-31H,4-29H2,1-3H3,(H3,33,34,35). The molecule has 0 aromatic rings. The van der Waals surface area contributed by atoms with E-state index in [9.17, 15) is 4.79 Å². The molecule has 2 unspecified atom stereocenters. The van der Waals surface area contributed by atoms with Gasteiger partial charge in [0.05, 0.1) is 6.10 Å². The highest BCUT2D eigenvalue weighted by Crippen LogP contribution is 2.14. The Morgan fingerprint density at radius 3 is 1.16 bits per heavy atom. The van der Waals surface area contributed by atoms with E-state index in [1.165, 1.54) is 141 Å². The molecule has 0 radical (unpaired) electrons. The molecular weight excluding hydrogens is 460 g/mol. The van der Waals surface area contributed by atoms with Crippen LogP contribution in [0.1, 0.15) is 175 Å². The molecule has 222 valence electrons. The minimum Gasteiger partial charge on any atom is -0.374 e. The molecule has 0 aliphatic carbocycles. The first-order chi connectivity index (χ1) is 18.1. The average molecular weight is 527 g/mol. The van der Waals surface area contributed by atoms with Crippen molar-refractivity contribution in [1.82, 2.24) is 5.32 Å². The van der Waals surface area contributed by atoms with E-state index in [0.29, 0.717) is 13.2 Å². The van der Waals surface area contributed by atoms with Gasteiger partial charge in [0.1, 0.15) is 0 Å². The lowest BCUT2D eigenvalue weighted by Crippen LogP contribution is -2.47. The number of amides is 2. The number of carbonyl (C=O) groups is 1. The van der Waals surface area contributed by atoms with Crippen molar-refractivity contribution >= 4 is 6.03 Å². The normalized spacial score (nSPS) is 13.1. The molecule has 2 amide bonds. The fourth-order valence-electron chi connectivity index (χ4n) is 4.89. The van der Waals surface area contributed by atoms with E-state index in [0.717, 1.165) is 12.8 Å². The van der Waals surface area contributed by atoms with Gasteiger partial charge in [-0.3, -0.25) is 0 Å². The lowest BCUT2D eigenvalue weighted by Gasteiger charge is -2.25. The molecule has 0 saturated heterocycles. The Hall–Kier alpha value is -0.810. The largest absolute Gasteiger partial charge is 0.374 e. The Kier molecular flexibility index (Phi) is 29.1. The number of primary amides is 1. The van der Waals surface area contributed by atoms with Gasteiger partial charge in [-0.2, -0.15) is 0 Å². The van der Waals surface area contributed by atoms with Crippen LogP contribution in [0.4, 0.5) is 4.79 Å². The second-order valence-corrected chi connectivity index (χ2v) is 11.2. The predicted molar refractivity (Wildman–Crippen MR) is 160 cm³/mol. The zero-order valence-electron chi connectivity index (χ0n) is 25.3. The first kappa shape index (κ1) is 36.2. The molecule has 2 atom stereocenters. The van der Waals surface area contributed by atoms with Gasteiger partial charge in [0, 0.05) is 13.2 Å². The highest BCUT2D eigenvalue weighted by molar-refractivity contribution is 5.71. The summed E-state index contributed by atoms with van der Waals surface area (Å²) in [4.78, 5) is 11.4. The molecule has 0 spiro atoms. The van der Waals surface area contributed by atoms with Crippen molar-refractivity contribution in [2.24, 2.45) is 5.73 Å². The van der Waals surface area contributed by atoms with Gasteiger partial charge in [0.2, 0.25) is 0 Å². The molecule has 0 saturated carbocycles. The molecule has 5 nitrogen and oxygen atoms in total. The number of nitrogens with one attached hydrogen (secondary N) is 1. The minimum atomic E-state index is -0.555. The fourth-order valence-corrected chi connectivity index (χ4v) is 4.89. The smallest absolute Gasteiger partial charge is 0.314 e. The van der Waals surface area contributed by atoms with E-state index in [1.807, 2.05) is 6.92 Å². The number of nitrogens with two attached hydrogens (primary N) is 1. The summed E-state index contributed by atoms with van der Waals surface area (Å²) in [6.45, 7) is 7.85. The molecule has 0 fully saturated rings. The summed E-state index contributed by atoms with van der Waals surface area (Å²) < 4.78 is 11.9. The summed E-state index contributed by atoms with van der Waals surface area (Å²) in [5, 5.41) is 2.71. The lowest BCUT2D eigenvalue weighted by atomic mass is 10.1. The van der Waals surface area contributed by atoms with Crippen molar-refractivity contribution in [2.45, 2.75) is 187 Å². The topological polar surface area (TPSA) is 73.6 Å². The molecule has 0 aliphatic heterocycles. The van der Waals surface area contributed by atoms with E-state index in [1.54, 1.807) is 0 Å². The van der Waals surface area contributed by atoms with Crippen LogP contribution >= 0.6 is 0 Å². The number of hydrogen-bond acceptors (Lipinski definition) is 3. The van der Waals surface area contributed by atoms with Crippen LogP contribution in [0.15, 0.2) is 0 Å². The molecule has 0 aromatic heterocycles. The van der Waals surface area contributed by atoms with Crippen molar-refractivity contribution in [3.8, 4) is 0 Å². The number of unbranched alkanes of at least 4 members (excludes halogenated alkanes) is 22. The van der Waals surface area contributed by atoms with Crippen molar-refractivity contribution < 1.29 is 14.3 Å². The van der Waals surface area contributed by atoms with Gasteiger partial charge >= 0.3 is 6.03 Å². The molecule has 37 heavy (non-hydrogen) atoms. The van der Waals surface area contributed by atoms with Gasteiger partial charge in [-0.25, -0.2) is 4.79 Å². The predicted octanol–water partition coefficient (Wildman–Crippen LogP) is 9.80. The monoisotopic (exact) mass is 527 g/mol. The first-order valence-corrected chi connectivity index (χ1v) is 16.4. The second-order valence-electron chi connectivity index (χ2n) is 11.2. The Bertz CT molecular complexity index is 461. The molecule has 5 heteroatoms. The van der Waals surface area contributed by atoms with E-state index >= 15 is 0 Å². The maximum atomic E-state index is 11.4. The third kappa shape index (κ3) is 28.0. The summed E-state index contributed by atoms with van der Waals surface area (Å²) in [5.74, 6) is 0. The van der Waals surface area contributed by atoms with Crippen molar-refractivity contribution in [3.05, 3.63) is 0 Å². The number of ether oxygens (including phenoxy) is 2. The third-order valence-electron chi connectivity index (χ3n) is 7.38. The summed E-state index contributed by atoms with van der Waals surface area (Å²) in [7, 11) is 0. The first-order valence-electron chi connectivity index (χ1n) is 16.4. The highest BCUT2D eigenvalue weighted by Gasteiger charge is 2.19. The molecule has 0 aromatic carbocycles. The number of urea groups is 1. The number of carbonyl (C=O) groups excluding carboxylic acids is 1. The summed E-state index contributed by atoms with van der Waals surface area (Å²) in [6.07, 6.45) is 31.2. The third-order valence-corrected chi connectivity index (χ3v) is 7.38. The Morgan fingerprint density at radius 2 is 0.838 bits per heavy atom. The highest BCUT2D eigenvalue weighted by atomic mass is 16.5. The Balaban J connectivity index is 3.65. The van der Waals surface area contributed by atoms with Gasteiger partial charge < -0.3 is 20.5 Å². The zero-order valence-corrected chi connectivity index (χ0v) is 25.3. The lowest BCUT2D eigenvalue weighted by molar-refractivity contribution is -0.0754. The minimum absolute atomic E-state index is 0.197. The van der Waals surface area contributed by atoms with Crippen LogP contribution in [0, 0.1) is 0 Å². The van der Waals surface area contributed by atoms with E-state index in [2.05, 4.69) is 19.2 Å². The molecule has 0 aliphatic rings. The van der Waals surface area contributed by atoms with Crippen LogP contribution in [-0.4, -0.2) is 31.6 Å². The molecule has 3 N–H and O–H groups in total. The van der Waals surface area contributed by atoms with Crippen LogP contribution in [0.5, 0.6) is 0 Å². The second kappa shape index (κ2) is 29.7. The maximum Gasteiger partial charge on any atom is 0.314 e. The van der Waals surface area contributed by atoms with Crippen LogP contribution in [0.25, 0.3) is 0 Å². The fraction of sp³-hybridized carbons (Fsp3) is 0.969. The Labute approximate surface area is 231 Å². The van der Waals surface area contributed by atoms with Crippen molar-refractivity contribution in [1.29, 1.82) is 0 Å². The average Bonchev–Trinajstić information content (AvgIpc) is 2.88. The zero-order chi connectivity index (χ0) is 27.2. The SMILES string of the molecule is CCCCCCCCCCCCCCOC(C)C(NC(N)=O)OCCCCCCCCCCCCCC. The molecule has 0 rings (SSSR count). The van der Waals surface area contributed by atoms with E-state index in [-0.39, 0.29) is 6.10 Å². The van der Waals surface area contributed by atoms with Gasteiger partial charge in [-0.05, 0) is 19.8 Å². The number of rotatable bonds is 30. The Morgan fingerprint density at radius 1 is 0.541 bits per heavy atom. The van der Waals surface area contributed by atoms with Gasteiger partial charge in [-0.1, -0.05) is 155 Å². The molecule has 0 heterocycles. The van der Waals surface area contributed by atoms with E-state index < -0.39 is 12.3 Å². The molecule has 0 bridgehead atoms. The number of hydrogen-bond donors (Lipinski definition) is 2. The summed E-state index contributed by atoms with van der Waals surface area (Å²) in [6, 6.07) is -0.555. The van der Waals surface area contributed by atoms with E-state index in [4.69, 9.17) is 15.2 Å². The van der Waals surface area contributed by atoms with Crippen LogP contribution in [-0.2, 0) is 9.47 Å². The quantitative estimate of drug-likeness (QED) is 0.0722. The van der Waals surface area contributed by atoms with Crippen LogP contribution in [0.3, 0.4) is 0 Å². The molecular formula is C32H66N2O3.